The highest BCUT2D eigenvalue weighted by atomic mass is 19.1. The van der Waals surface area contributed by atoms with E-state index in [9.17, 15) is 23.2 Å². The molecular formula is C24H33F2N3O5. The molecule has 1 spiro atoms. The fourth-order valence-electron chi connectivity index (χ4n) is 4.85. The number of nitrogens with zero attached hydrogens (tertiary/aromatic N) is 1. The van der Waals surface area contributed by atoms with Crippen LogP contribution in [0.4, 0.5) is 13.6 Å². The fraction of sp³-hybridized carbons (Fsp3) is 0.625. The van der Waals surface area contributed by atoms with Crippen LogP contribution in [-0.2, 0) is 9.53 Å². The van der Waals surface area contributed by atoms with Crippen LogP contribution < -0.4 is 15.8 Å². The lowest BCUT2D eigenvalue weighted by molar-refractivity contribution is -0.117. The van der Waals surface area contributed by atoms with Gasteiger partial charge in [0.15, 0.2) is 11.6 Å². The SMILES string of the molecule is CC(C)OC(=O)N1CCC2(CC1)CC(CCCOc1cc(F)c(C(=O)NCC(N)=O)cc1F)C2. The van der Waals surface area contributed by atoms with Gasteiger partial charge < -0.3 is 25.4 Å². The summed E-state index contributed by atoms with van der Waals surface area (Å²) in [4.78, 5) is 36.4. The van der Waals surface area contributed by atoms with Crippen LogP contribution >= 0.6 is 0 Å². The Morgan fingerprint density at radius 2 is 1.85 bits per heavy atom. The van der Waals surface area contributed by atoms with Crippen molar-refractivity contribution in [3.63, 3.8) is 0 Å². The summed E-state index contributed by atoms with van der Waals surface area (Å²) in [7, 11) is 0. The van der Waals surface area contributed by atoms with Gasteiger partial charge in [0.25, 0.3) is 5.91 Å². The van der Waals surface area contributed by atoms with Gasteiger partial charge >= 0.3 is 6.09 Å². The van der Waals surface area contributed by atoms with Crippen LogP contribution in [-0.4, -0.2) is 55.2 Å². The highest BCUT2D eigenvalue weighted by Crippen LogP contribution is 2.54. The summed E-state index contributed by atoms with van der Waals surface area (Å²) in [6.07, 6.45) is 5.47. The van der Waals surface area contributed by atoms with Crippen molar-refractivity contribution in [2.75, 3.05) is 26.2 Å². The van der Waals surface area contributed by atoms with Crippen LogP contribution in [0.1, 0.15) is 62.7 Å². The molecule has 0 atom stereocenters. The molecule has 8 nitrogen and oxygen atoms in total. The van der Waals surface area contributed by atoms with E-state index >= 15 is 0 Å². The molecular weight excluding hydrogens is 448 g/mol. The highest BCUT2D eigenvalue weighted by Gasteiger charge is 2.46. The van der Waals surface area contributed by atoms with Gasteiger partial charge in [-0.1, -0.05) is 0 Å². The van der Waals surface area contributed by atoms with Gasteiger partial charge in [0.2, 0.25) is 5.91 Å². The van der Waals surface area contributed by atoms with Crippen molar-refractivity contribution >= 4 is 17.9 Å². The molecule has 2 aliphatic rings. The number of likely N-dealkylation sites (tertiary alicyclic amines) is 1. The van der Waals surface area contributed by atoms with E-state index in [4.69, 9.17) is 15.2 Å². The first-order chi connectivity index (χ1) is 16.1. The van der Waals surface area contributed by atoms with E-state index in [2.05, 4.69) is 5.32 Å². The molecule has 1 aromatic carbocycles. The number of rotatable bonds is 9. The molecule has 1 saturated carbocycles. The normalized spacial score (nSPS) is 17.4. The predicted octanol–water partition coefficient (Wildman–Crippen LogP) is 3.38. The van der Waals surface area contributed by atoms with Gasteiger partial charge in [-0.25, -0.2) is 13.6 Å². The smallest absolute Gasteiger partial charge is 0.410 e. The zero-order valence-corrected chi connectivity index (χ0v) is 19.7. The average molecular weight is 482 g/mol. The minimum atomic E-state index is -0.942. The summed E-state index contributed by atoms with van der Waals surface area (Å²) >= 11 is 0. The van der Waals surface area contributed by atoms with Crippen molar-refractivity contribution in [1.29, 1.82) is 0 Å². The average Bonchev–Trinajstić information content (AvgIpc) is 2.75. The zero-order chi connectivity index (χ0) is 24.9. The maximum Gasteiger partial charge on any atom is 0.410 e. The predicted molar refractivity (Wildman–Crippen MR) is 120 cm³/mol. The quantitative estimate of drug-likeness (QED) is 0.526. The van der Waals surface area contributed by atoms with Crippen molar-refractivity contribution in [3.05, 3.63) is 29.3 Å². The Kier molecular flexibility index (Phi) is 8.33. The lowest BCUT2D eigenvalue weighted by Gasteiger charge is -2.52. The second-order valence-corrected chi connectivity index (χ2v) is 9.60. The molecule has 0 unspecified atom stereocenters. The monoisotopic (exact) mass is 481 g/mol. The zero-order valence-electron chi connectivity index (χ0n) is 19.7. The fourth-order valence-corrected chi connectivity index (χ4v) is 4.85. The number of hydrogen-bond acceptors (Lipinski definition) is 5. The number of hydrogen-bond donors (Lipinski definition) is 2. The summed E-state index contributed by atoms with van der Waals surface area (Å²) in [5.74, 6) is -3.20. The maximum atomic E-state index is 14.2. The minimum absolute atomic E-state index is 0.116. The molecule has 1 aliphatic carbocycles. The molecule has 3 N–H and O–H groups in total. The van der Waals surface area contributed by atoms with Gasteiger partial charge in [-0.15, -0.1) is 0 Å². The molecule has 3 rings (SSSR count). The molecule has 0 aromatic heterocycles. The Labute approximate surface area is 198 Å². The number of nitrogens with two attached hydrogens (primary N) is 1. The first kappa shape index (κ1) is 25.7. The number of nitrogens with one attached hydrogen (secondary N) is 1. The largest absolute Gasteiger partial charge is 0.490 e. The van der Waals surface area contributed by atoms with Gasteiger partial charge in [-0.05, 0) is 69.8 Å². The third-order valence-electron chi connectivity index (χ3n) is 6.57. The van der Waals surface area contributed by atoms with E-state index in [1.165, 1.54) is 0 Å². The molecule has 1 aromatic rings. The lowest BCUT2D eigenvalue weighted by atomic mass is 9.56. The van der Waals surface area contributed by atoms with Crippen molar-refractivity contribution < 1.29 is 32.6 Å². The molecule has 2 fully saturated rings. The molecule has 0 bridgehead atoms. The maximum absolute atomic E-state index is 14.2. The summed E-state index contributed by atoms with van der Waals surface area (Å²) in [5, 5.41) is 2.12. The lowest BCUT2D eigenvalue weighted by Crippen LogP contribution is -2.49. The Balaban J connectivity index is 1.37. The van der Waals surface area contributed by atoms with Crippen molar-refractivity contribution in [2.45, 2.75) is 58.5 Å². The Morgan fingerprint density at radius 3 is 2.47 bits per heavy atom. The number of halogens is 2. The Hall–Kier alpha value is -2.91. The van der Waals surface area contributed by atoms with E-state index in [-0.39, 0.29) is 24.6 Å². The molecule has 0 radical (unpaired) electrons. The van der Waals surface area contributed by atoms with E-state index in [1.54, 1.807) is 4.90 Å². The third kappa shape index (κ3) is 6.57. The number of ether oxygens (including phenoxy) is 2. The number of primary amides is 1. The van der Waals surface area contributed by atoms with Gasteiger partial charge in [0, 0.05) is 19.2 Å². The molecule has 188 valence electrons. The number of carbonyl (C=O) groups is 3. The van der Waals surface area contributed by atoms with E-state index in [0.29, 0.717) is 17.8 Å². The van der Waals surface area contributed by atoms with Crippen molar-refractivity contribution in [1.82, 2.24) is 10.2 Å². The second kappa shape index (κ2) is 11.0. The first-order valence-corrected chi connectivity index (χ1v) is 11.7. The number of amides is 3. The van der Waals surface area contributed by atoms with E-state index in [1.807, 2.05) is 13.8 Å². The number of piperidine rings is 1. The van der Waals surface area contributed by atoms with Crippen LogP contribution in [0, 0.1) is 23.0 Å². The van der Waals surface area contributed by atoms with E-state index < -0.39 is 35.6 Å². The van der Waals surface area contributed by atoms with Crippen molar-refractivity contribution in [2.24, 2.45) is 17.1 Å². The standard InChI is InChI=1S/C24H33F2N3O5/c1-15(2)34-23(32)29-7-5-24(6-8-29)12-16(13-24)4-3-9-33-20-11-18(25)17(10-19(20)26)22(31)28-14-21(27)30/h10-11,15-16H,3-9,12-14H2,1-2H3,(H2,27,30)(H,28,31). The molecule has 34 heavy (non-hydrogen) atoms. The summed E-state index contributed by atoms with van der Waals surface area (Å²) < 4.78 is 39.1. The van der Waals surface area contributed by atoms with Gasteiger partial charge in [0.05, 0.1) is 24.8 Å². The molecule has 1 saturated heterocycles. The van der Waals surface area contributed by atoms with Gasteiger partial charge in [0.1, 0.15) is 5.82 Å². The van der Waals surface area contributed by atoms with Crippen LogP contribution in [0.3, 0.4) is 0 Å². The highest BCUT2D eigenvalue weighted by molar-refractivity contribution is 5.96. The Morgan fingerprint density at radius 1 is 1.18 bits per heavy atom. The van der Waals surface area contributed by atoms with Crippen LogP contribution in [0.5, 0.6) is 5.75 Å². The van der Waals surface area contributed by atoms with Gasteiger partial charge in [-0.3, -0.25) is 9.59 Å². The van der Waals surface area contributed by atoms with E-state index in [0.717, 1.165) is 57.3 Å². The topological polar surface area (TPSA) is 111 Å². The summed E-state index contributed by atoms with van der Waals surface area (Å²) in [6, 6.07) is 1.59. The molecule has 3 amide bonds. The van der Waals surface area contributed by atoms with Crippen LogP contribution in [0.2, 0.25) is 0 Å². The summed E-state index contributed by atoms with van der Waals surface area (Å²) in [6.45, 7) is 4.91. The number of benzene rings is 1. The summed E-state index contributed by atoms with van der Waals surface area (Å²) in [5.41, 5.74) is 4.71. The minimum Gasteiger partial charge on any atom is -0.490 e. The molecule has 1 heterocycles. The Bertz CT molecular complexity index is 908. The van der Waals surface area contributed by atoms with Crippen LogP contribution in [0.15, 0.2) is 12.1 Å². The number of carbonyl (C=O) groups excluding carboxylic acids is 3. The first-order valence-electron chi connectivity index (χ1n) is 11.7. The van der Waals surface area contributed by atoms with Crippen LogP contribution in [0.25, 0.3) is 0 Å². The third-order valence-corrected chi connectivity index (χ3v) is 6.57. The van der Waals surface area contributed by atoms with Crippen molar-refractivity contribution in [3.8, 4) is 5.75 Å². The molecule has 10 heteroatoms. The van der Waals surface area contributed by atoms with Gasteiger partial charge in [-0.2, -0.15) is 0 Å². The molecule has 1 aliphatic heterocycles. The second-order valence-electron chi connectivity index (χ2n) is 9.60.